The van der Waals surface area contributed by atoms with Gasteiger partial charge < -0.3 is 4.90 Å². The Bertz CT molecular complexity index is 448. The third-order valence-corrected chi connectivity index (χ3v) is 4.72. The largest absolute Gasteiger partial charge is 0.338 e. The van der Waals surface area contributed by atoms with Crippen molar-refractivity contribution in [2.24, 2.45) is 13.0 Å². The number of piperidine rings is 1. The van der Waals surface area contributed by atoms with E-state index in [1.54, 1.807) is 0 Å². The quantitative estimate of drug-likeness (QED) is 0.781. The minimum absolute atomic E-state index is 0.696. The number of nitrogens with zero attached hydrogens (tertiary/aromatic N) is 3. The van der Waals surface area contributed by atoms with Gasteiger partial charge in [0.25, 0.3) is 0 Å². The fourth-order valence-corrected chi connectivity index (χ4v) is 3.60. The minimum atomic E-state index is 0.696. The van der Waals surface area contributed by atoms with E-state index in [1.807, 2.05) is 11.6 Å². The Morgan fingerprint density at radius 3 is 2.76 bits per heavy atom. The number of rotatable bonds is 1. The molecule has 1 aromatic rings. The lowest BCUT2D eigenvalue weighted by Gasteiger charge is -2.44. The van der Waals surface area contributed by atoms with Gasteiger partial charge in [-0.25, -0.2) is 5.10 Å². The first-order valence-corrected chi connectivity index (χ1v) is 7.06. The van der Waals surface area contributed by atoms with E-state index in [4.69, 9.17) is 12.2 Å². The summed E-state index contributed by atoms with van der Waals surface area (Å²) >= 11 is 5.21. The van der Waals surface area contributed by atoms with Crippen molar-refractivity contribution < 1.29 is 0 Å². The van der Waals surface area contributed by atoms with Gasteiger partial charge in [-0.05, 0) is 43.8 Å². The molecule has 17 heavy (non-hydrogen) atoms. The molecular formula is C12H20N4S. The molecule has 0 spiro atoms. The summed E-state index contributed by atoms with van der Waals surface area (Å²) < 4.78 is 2.73. The molecule has 2 unspecified atom stereocenters. The lowest BCUT2D eigenvalue weighted by molar-refractivity contribution is 0.240. The van der Waals surface area contributed by atoms with Gasteiger partial charge in [-0.3, -0.25) is 4.57 Å². The summed E-state index contributed by atoms with van der Waals surface area (Å²) in [5, 5.41) is 7.31. The van der Waals surface area contributed by atoms with Crippen LogP contribution in [0.4, 0.5) is 5.95 Å². The van der Waals surface area contributed by atoms with Gasteiger partial charge in [0.1, 0.15) is 0 Å². The van der Waals surface area contributed by atoms with Crippen LogP contribution in [0.1, 0.15) is 38.5 Å². The van der Waals surface area contributed by atoms with Crippen LogP contribution in [0.2, 0.25) is 0 Å². The van der Waals surface area contributed by atoms with Crippen molar-refractivity contribution in [3.8, 4) is 0 Å². The van der Waals surface area contributed by atoms with Gasteiger partial charge in [0, 0.05) is 19.6 Å². The van der Waals surface area contributed by atoms with Gasteiger partial charge in [0.05, 0.1) is 0 Å². The minimum Gasteiger partial charge on any atom is -0.338 e. The molecule has 2 atom stereocenters. The van der Waals surface area contributed by atoms with Crippen LogP contribution in [-0.4, -0.2) is 27.4 Å². The van der Waals surface area contributed by atoms with Gasteiger partial charge in [0.15, 0.2) is 4.77 Å². The van der Waals surface area contributed by atoms with E-state index < -0.39 is 0 Å². The fourth-order valence-electron chi connectivity index (χ4n) is 3.47. The Morgan fingerprint density at radius 2 is 2.00 bits per heavy atom. The molecule has 2 heterocycles. The van der Waals surface area contributed by atoms with Gasteiger partial charge in [-0.1, -0.05) is 12.8 Å². The number of H-pyrrole nitrogens is 1. The van der Waals surface area contributed by atoms with Gasteiger partial charge >= 0.3 is 0 Å². The maximum atomic E-state index is 5.21. The second kappa shape index (κ2) is 4.44. The van der Waals surface area contributed by atoms with E-state index in [0.29, 0.717) is 6.04 Å². The summed E-state index contributed by atoms with van der Waals surface area (Å²) in [6.07, 6.45) is 8.19. The van der Waals surface area contributed by atoms with Crippen molar-refractivity contribution >= 4 is 18.2 Å². The summed E-state index contributed by atoms with van der Waals surface area (Å²) in [6.45, 7) is 1.13. The zero-order chi connectivity index (χ0) is 11.8. The summed E-state index contributed by atoms with van der Waals surface area (Å²) in [5.74, 6) is 1.91. The van der Waals surface area contributed by atoms with Crippen LogP contribution in [0, 0.1) is 10.7 Å². The highest BCUT2D eigenvalue weighted by molar-refractivity contribution is 7.71. The predicted octanol–water partition coefficient (Wildman–Crippen LogP) is 2.64. The molecule has 1 N–H and O–H groups in total. The first-order valence-electron chi connectivity index (χ1n) is 6.65. The lowest BCUT2D eigenvalue weighted by atomic mass is 9.78. The van der Waals surface area contributed by atoms with Crippen molar-refractivity contribution in [1.82, 2.24) is 14.8 Å². The molecule has 2 aliphatic rings. The van der Waals surface area contributed by atoms with Crippen LogP contribution >= 0.6 is 12.2 Å². The molecule has 0 amide bonds. The highest BCUT2D eigenvalue weighted by Crippen LogP contribution is 2.36. The molecule has 94 valence electrons. The molecule has 1 aliphatic heterocycles. The molecule has 5 heteroatoms. The number of anilines is 1. The summed E-state index contributed by atoms with van der Waals surface area (Å²) in [6, 6.07) is 0.696. The molecule has 2 fully saturated rings. The summed E-state index contributed by atoms with van der Waals surface area (Å²) in [7, 11) is 2.01. The first-order chi connectivity index (χ1) is 8.27. The van der Waals surface area contributed by atoms with Crippen LogP contribution in [0.15, 0.2) is 0 Å². The van der Waals surface area contributed by atoms with Crippen LogP contribution in [0.5, 0.6) is 0 Å². The van der Waals surface area contributed by atoms with E-state index in [2.05, 4.69) is 15.1 Å². The topological polar surface area (TPSA) is 36.9 Å². The summed E-state index contributed by atoms with van der Waals surface area (Å²) in [4.78, 5) is 2.49. The maximum Gasteiger partial charge on any atom is 0.225 e. The Morgan fingerprint density at radius 1 is 1.24 bits per heavy atom. The zero-order valence-corrected chi connectivity index (χ0v) is 11.2. The van der Waals surface area contributed by atoms with E-state index >= 15 is 0 Å². The van der Waals surface area contributed by atoms with Crippen molar-refractivity contribution in [1.29, 1.82) is 0 Å². The van der Waals surface area contributed by atoms with Crippen LogP contribution in [0.25, 0.3) is 0 Å². The summed E-state index contributed by atoms with van der Waals surface area (Å²) in [5.41, 5.74) is 0. The number of fused-ring (bicyclic) bond motifs is 1. The van der Waals surface area contributed by atoms with E-state index in [0.717, 1.165) is 23.2 Å². The van der Waals surface area contributed by atoms with Crippen molar-refractivity contribution in [2.75, 3.05) is 11.4 Å². The molecule has 0 aromatic carbocycles. The van der Waals surface area contributed by atoms with Crippen LogP contribution in [-0.2, 0) is 7.05 Å². The normalized spacial score (nSPS) is 29.1. The SMILES string of the molecule is Cn1c(N2CCCC3CCCCC32)n[nH]c1=S. The average Bonchev–Trinajstić information content (AvgIpc) is 2.69. The third-order valence-electron chi connectivity index (χ3n) is 4.36. The molecule has 0 bridgehead atoms. The molecule has 1 saturated heterocycles. The standard InChI is InChI=1S/C12H20N4S/c1-15-11(13-14-12(15)17)16-8-4-6-9-5-2-3-7-10(9)16/h9-10H,2-8H2,1H3,(H,14,17). The average molecular weight is 252 g/mol. The number of aromatic nitrogens is 3. The Labute approximate surface area is 107 Å². The predicted molar refractivity (Wildman–Crippen MR) is 70.7 cm³/mol. The number of hydrogen-bond donors (Lipinski definition) is 1. The monoisotopic (exact) mass is 252 g/mol. The molecule has 1 saturated carbocycles. The van der Waals surface area contributed by atoms with Crippen molar-refractivity contribution in [3.63, 3.8) is 0 Å². The van der Waals surface area contributed by atoms with Gasteiger partial charge in [-0.2, -0.15) is 0 Å². The lowest BCUT2D eigenvalue weighted by Crippen LogP contribution is -2.47. The molecule has 1 aliphatic carbocycles. The molecule has 1 aromatic heterocycles. The van der Waals surface area contributed by atoms with Crippen molar-refractivity contribution in [3.05, 3.63) is 4.77 Å². The number of aromatic amines is 1. The Hall–Kier alpha value is -0.840. The molecule has 4 nitrogen and oxygen atoms in total. The number of nitrogens with one attached hydrogen (secondary N) is 1. The Balaban J connectivity index is 1.90. The first kappa shape index (κ1) is 11.3. The molecular weight excluding hydrogens is 232 g/mol. The fraction of sp³-hybridized carbons (Fsp3) is 0.833. The second-order valence-electron chi connectivity index (χ2n) is 5.34. The highest BCUT2D eigenvalue weighted by atomic mass is 32.1. The number of hydrogen-bond acceptors (Lipinski definition) is 3. The van der Waals surface area contributed by atoms with Crippen LogP contribution < -0.4 is 4.90 Å². The van der Waals surface area contributed by atoms with Crippen molar-refractivity contribution in [2.45, 2.75) is 44.6 Å². The maximum absolute atomic E-state index is 5.21. The molecule has 3 rings (SSSR count). The third kappa shape index (κ3) is 1.90. The van der Waals surface area contributed by atoms with E-state index in [1.165, 1.54) is 38.5 Å². The van der Waals surface area contributed by atoms with Gasteiger partial charge in [0.2, 0.25) is 5.95 Å². The van der Waals surface area contributed by atoms with E-state index in [9.17, 15) is 0 Å². The van der Waals surface area contributed by atoms with E-state index in [-0.39, 0.29) is 0 Å². The Kier molecular flexibility index (Phi) is 2.94. The molecule has 0 radical (unpaired) electrons. The van der Waals surface area contributed by atoms with Crippen LogP contribution in [0.3, 0.4) is 0 Å². The van der Waals surface area contributed by atoms with Gasteiger partial charge in [-0.15, -0.1) is 5.10 Å². The second-order valence-corrected chi connectivity index (χ2v) is 5.72. The zero-order valence-electron chi connectivity index (χ0n) is 10.4. The highest BCUT2D eigenvalue weighted by Gasteiger charge is 2.34. The smallest absolute Gasteiger partial charge is 0.225 e.